The van der Waals surface area contributed by atoms with Crippen LogP contribution in [-0.2, 0) is 33.7 Å². The molecule has 8 nitrogen and oxygen atoms in total. The second-order valence-electron chi connectivity index (χ2n) is 13.0. The number of fused-ring (bicyclic) bond motifs is 3. The van der Waals surface area contributed by atoms with Gasteiger partial charge in [-0.3, -0.25) is 14.5 Å². The second-order valence-corrected chi connectivity index (χ2v) is 17.0. The van der Waals surface area contributed by atoms with Gasteiger partial charge in [-0.1, -0.05) is 49.4 Å². The highest BCUT2D eigenvalue weighted by atomic mass is 28.4. The molecule has 0 saturated carbocycles. The maximum atomic E-state index is 13.9. The predicted octanol–water partition coefficient (Wildman–Crippen LogP) is 5.29. The summed E-state index contributed by atoms with van der Waals surface area (Å²) in [5.41, 5.74) is 5.48. The first-order valence-electron chi connectivity index (χ1n) is 15.5. The molecule has 232 valence electrons. The summed E-state index contributed by atoms with van der Waals surface area (Å²) in [4.78, 5) is 42.2. The van der Waals surface area contributed by atoms with Crippen LogP contribution < -0.4 is 9.64 Å². The Hall–Kier alpha value is -3.50. The molecular weight excluding hydrogens is 572 g/mol. The van der Waals surface area contributed by atoms with E-state index in [1.54, 1.807) is 16.9 Å². The monoisotopic (exact) mass is 614 g/mol. The molecule has 3 aromatic rings. The van der Waals surface area contributed by atoms with E-state index in [2.05, 4.69) is 12.1 Å². The predicted molar refractivity (Wildman–Crippen MR) is 171 cm³/mol. The third-order valence-electron chi connectivity index (χ3n) is 9.75. The van der Waals surface area contributed by atoms with Crippen molar-refractivity contribution in [2.24, 2.45) is 5.92 Å². The summed E-state index contributed by atoms with van der Waals surface area (Å²) in [6, 6.07) is 21.5. The number of hydrogen-bond donors (Lipinski definition) is 2. The molecular formula is C35H42N2O6Si. The van der Waals surface area contributed by atoms with E-state index in [1.807, 2.05) is 74.6 Å². The first-order chi connectivity index (χ1) is 21.1. The molecule has 0 fully saturated rings. The van der Waals surface area contributed by atoms with Gasteiger partial charge in [0.05, 0.1) is 24.4 Å². The minimum Gasteiger partial charge on any atom is -0.490 e. The maximum Gasteiger partial charge on any atom is 0.231 e. The lowest BCUT2D eigenvalue weighted by Gasteiger charge is -2.45. The molecule has 6 rings (SSSR count). The van der Waals surface area contributed by atoms with Crippen molar-refractivity contribution in [2.75, 3.05) is 18.6 Å². The van der Waals surface area contributed by atoms with Crippen molar-refractivity contribution in [1.29, 1.82) is 0 Å². The summed E-state index contributed by atoms with van der Waals surface area (Å²) in [5, 5.41) is 10.2. The van der Waals surface area contributed by atoms with Gasteiger partial charge in [0.2, 0.25) is 11.8 Å². The smallest absolute Gasteiger partial charge is 0.231 e. The van der Waals surface area contributed by atoms with Crippen LogP contribution in [0.25, 0.3) is 0 Å². The number of nitrogens with zero attached hydrogens (tertiary/aromatic N) is 2. The summed E-state index contributed by atoms with van der Waals surface area (Å²) in [5.74, 6) is 0.413. The van der Waals surface area contributed by atoms with E-state index in [0.717, 1.165) is 40.0 Å². The number of benzene rings is 3. The molecule has 1 unspecified atom stereocenters. The number of aliphatic hydroxyl groups is 1. The Kier molecular flexibility index (Phi) is 8.41. The van der Waals surface area contributed by atoms with Crippen LogP contribution in [0, 0.1) is 5.92 Å². The standard InChI is InChI=1S/C35H42N2O6Si/c1-22-34(42-2)28-18-26(37-29-12-8-7-9-23(29)13-16-32(37)39)14-15-30(28)43-35(22)31(44(3,4)41)19-33(40)36-20-25-11-6-5-10-24(25)17-27(36)21-38/h5-12,14-15,18,22,27,31,34-35,38,41H,13,16-17,19-21H2,1-4H3/t22-,27-,31?,34-,35-/m0/s1. The summed E-state index contributed by atoms with van der Waals surface area (Å²) in [6.45, 7) is 6.07. The Balaban J connectivity index is 1.29. The molecule has 2 amide bonds. The quantitative estimate of drug-likeness (QED) is 0.351. The number of hydrogen-bond acceptors (Lipinski definition) is 6. The fourth-order valence-corrected chi connectivity index (χ4v) is 9.18. The largest absolute Gasteiger partial charge is 0.490 e. The van der Waals surface area contributed by atoms with Crippen LogP contribution >= 0.6 is 0 Å². The second kappa shape index (κ2) is 12.1. The molecule has 0 aromatic heterocycles. The van der Waals surface area contributed by atoms with Crippen molar-refractivity contribution < 1.29 is 29.0 Å². The van der Waals surface area contributed by atoms with Crippen molar-refractivity contribution in [2.45, 2.75) is 76.0 Å². The van der Waals surface area contributed by atoms with Crippen LogP contribution in [-0.4, -0.2) is 60.8 Å². The third kappa shape index (κ3) is 5.58. The average molecular weight is 615 g/mol. The third-order valence-corrected chi connectivity index (χ3v) is 12.1. The molecule has 0 aliphatic carbocycles. The number of ether oxygens (including phenoxy) is 2. The van der Waals surface area contributed by atoms with Gasteiger partial charge in [-0.2, -0.15) is 0 Å². The number of anilines is 2. The minimum atomic E-state index is -2.94. The number of para-hydroxylation sites is 1. The van der Waals surface area contributed by atoms with Gasteiger partial charge in [0.1, 0.15) is 11.9 Å². The highest BCUT2D eigenvalue weighted by Gasteiger charge is 2.48. The molecule has 44 heavy (non-hydrogen) atoms. The zero-order valence-corrected chi connectivity index (χ0v) is 26.9. The first kappa shape index (κ1) is 30.5. The van der Waals surface area contributed by atoms with E-state index in [1.165, 1.54) is 0 Å². The highest BCUT2D eigenvalue weighted by Crippen LogP contribution is 2.48. The van der Waals surface area contributed by atoms with E-state index in [-0.39, 0.29) is 42.9 Å². The average Bonchev–Trinajstić information content (AvgIpc) is 3.02. The van der Waals surface area contributed by atoms with Crippen molar-refractivity contribution >= 4 is 31.5 Å². The summed E-state index contributed by atoms with van der Waals surface area (Å²) in [6.07, 6.45) is 1.07. The molecule has 3 aliphatic rings. The van der Waals surface area contributed by atoms with E-state index in [9.17, 15) is 19.5 Å². The molecule has 5 atom stereocenters. The Morgan fingerprint density at radius 1 is 1.05 bits per heavy atom. The van der Waals surface area contributed by atoms with E-state index < -0.39 is 20.0 Å². The lowest BCUT2D eigenvalue weighted by Crippen LogP contribution is -2.52. The van der Waals surface area contributed by atoms with Crippen LogP contribution in [0.2, 0.25) is 18.6 Å². The van der Waals surface area contributed by atoms with Gasteiger partial charge in [0, 0.05) is 49.2 Å². The van der Waals surface area contributed by atoms with E-state index in [4.69, 9.17) is 9.47 Å². The number of aryl methyl sites for hydroxylation is 1. The van der Waals surface area contributed by atoms with Crippen molar-refractivity contribution in [3.05, 3.63) is 89.0 Å². The lowest BCUT2D eigenvalue weighted by atomic mass is 9.85. The maximum absolute atomic E-state index is 13.9. The van der Waals surface area contributed by atoms with Gasteiger partial charge in [0.25, 0.3) is 0 Å². The normalized spacial score (nSPS) is 23.7. The zero-order chi connectivity index (χ0) is 31.2. The van der Waals surface area contributed by atoms with Crippen molar-refractivity contribution in [3.8, 4) is 5.75 Å². The molecule has 0 saturated heterocycles. The lowest BCUT2D eigenvalue weighted by molar-refractivity contribution is -0.136. The van der Waals surface area contributed by atoms with Crippen molar-refractivity contribution in [1.82, 2.24) is 4.90 Å². The first-order valence-corrected chi connectivity index (χ1v) is 18.6. The minimum absolute atomic E-state index is 0.0494. The summed E-state index contributed by atoms with van der Waals surface area (Å²) in [7, 11) is -1.27. The van der Waals surface area contributed by atoms with Crippen molar-refractivity contribution in [3.63, 3.8) is 0 Å². The van der Waals surface area contributed by atoms with Gasteiger partial charge in [0.15, 0.2) is 8.32 Å². The van der Waals surface area contributed by atoms with Crippen LogP contribution in [0.5, 0.6) is 5.75 Å². The van der Waals surface area contributed by atoms with Crippen LogP contribution in [0.4, 0.5) is 11.4 Å². The number of carbonyl (C=O) groups excluding carboxylic acids is 2. The molecule has 0 bridgehead atoms. The Labute approximate surface area is 260 Å². The van der Waals surface area contributed by atoms with Crippen LogP contribution in [0.3, 0.4) is 0 Å². The number of aliphatic hydroxyl groups excluding tert-OH is 1. The van der Waals surface area contributed by atoms with Gasteiger partial charge in [-0.15, -0.1) is 0 Å². The fourth-order valence-electron chi connectivity index (χ4n) is 7.33. The number of methoxy groups -OCH3 is 1. The van der Waals surface area contributed by atoms with Gasteiger partial charge >= 0.3 is 0 Å². The van der Waals surface area contributed by atoms with Gasteiger partial charge < -0.3 is 24.3 Å². The Morgan fingerprint density at radius 3 is 2.45 bits per heavy atom. The van der Waals surface area contributed by atoms with Gasteiger partial charge in [-0.25, -0.2) is 0 Å². The van der Waals surface area contributed by atoms with E-state index >= 15 is 0 Å². The van der Waals surface area contributed by atoms with Gasteiger partial charge in [-0.05, 0) is 66.9 Å². The summed E-state index contributed by atoms with van der Waals surface area (Å²) < 4.78 is 12.8. The Morgan fingerprint density at radius 2 is 1.75 bits per heavy atom. The molecule has 0 radical (unpaired) electrons. The molecule has 2 N–H and O–H groups in total. The van der Waals surface area contributed by atoms with Crippen LogP contribution in [0.15, 0.2) is 66.7 Å². The molecule has 3 heterocycles. The molecule has 3 aliphatic heterocycles. The number of carbonyl (C=O) groups is 2. The number of amides is 2. The topological polar surface area (TPSA) is 99.5 Å². The molecule has 9 heteroatoms. The highest BCUT2D eigenvalue weighted by molar-refractivity contribution is 6.71. The van der Waals surface area contributed by atoms with Crippen LogP contribution in [0.1, 0.15) is 48.1 Å². The fraction of sp³-hybridized carbons (Fsp3) is 0.429. The SMILES string of the molecule is CO[C@@H]1c2cc(N3C(=O)CCc4ccccc43)ccc2O[C@H](C(CC(=O)N2Cc3ccccc3C[C@H]2CO)[Si](C)(C)O)[C@H]1C. The number of rotatable bonds is 7. The Bertz CT molecular complexity index is 1550. The zero-order valence-electron chi connectivity index (χ0n) is 25.9. The molecule has 3 aromatic carbocycles. The van der Waals surface area contributed by atoms with E-state index in [0.29, 0.717) is 25.1 Å². The molecule has 0 spiro atoms. The summed E-state index contributed by atoms with van der Waals surface area (Å²) >= 11 is 0.